The van der Waals surface area contributed by atoms with Crippen LogP contribution in [-0.4, -0.2) is 67.5 Å². The number of ketones is 1. The van der Waals surface area contributed by atoms with Crippen LogP contribution in [0.2, 0.25) is 5.02 Å². The highest BCUT2D eigenvalue weighted by Gasteiger charge is 2.36. The number of carbonyl (C=O) groups is 3. The summed E-state index contributed by atoms with van der Waals surface area (Å²) >= 11 is 6.09. The molecule has 6 rings (SSSR count). The molecule has 1 amide bonds. The molecule has 50 heavy (non-hydrogen) atoms. The minimum absolute atomic E-state index is 0.0120. The van der Waals surface area contributed by atoms with Crippen molar-refractivity contribution in [1.82, 2.24) is 30.1 Å². The van der Waals surface area contributed by atoms with Crippen molar-refractivity contribution in [3.05, 3.63) is 99.9 Å². The van der Waals surface area contributed by atoms with E-state index in [4.69, 9.17) is 21.1 Å². The van der Waals surface area contributed by atoms with Gasteiger partial charge in [0.15, 0.2) is 11.6 Å². The molecule has 2 aliphatic rings. The second kappa shape index (κ2) is 16.2. The molecular formula is C37H38ClFN6O5. The minimum Gasteiger partial charge on any atom is -0.493 e. The van der Waals surface area contributed by atoms with Crippen molar-refractivity contribution in [2.24, 2.45) is 5.92 Å². The molecule has 0 spiro atoms. The Balaban J connectivity index is 1.28. The molecule has 0 unspecified atom stereocenters. The molecule has 3 heterocycles. The van der Waals surface area contributed by atoms with Gasteiger partial charge >= 0.3 is 5.97 Å². The van der Waals surface area contributed by atoms with Crippen LogP contribution in [0.5, 0.6) is 5.75 Å². The average Bonchev–Trinajstić information content (AvgIpc) is 3.67. The van der Waals surface area contributed by atoms with Crippen LogP contribution in [0.1, 0.15) is 84.2 Å². The Morgan fingerprint density at radius 1 is 1.08 bits per heavy atom. The van der Waals surface area contributed by atoms with Crippen molar-refractivity contribution in [1.29, 1.82) is 0 Å². The van der Waals surface area contributed by atoms with Crippen LogP contribution >= 0.6 is 11.6 Å². The van der Waals surface area contributed by atoms with E-state index in [1.165, 1.54) is 72.4 Å². The summed E-state index contributed by atoms with van der Waals surface area (Å²) in [5.41, 5.74) is 2.56. The van der Waals surface area contributed by atoms with Crippen LogP contribution in [0.15, 0.2) is 61.1 Å². The number of nitrogens with zero attached hydrogens (tertiary/aromatic N) is 6. The quantitative estimate of drug-likeness (QED) is 0.123. The fourth-order valence-corrected chi connectivity index (χ4v) is 6.91. The molecule has 0 radical (unpaired) electrons. The fraction of sp³-hybridized carbons (Fsp3) is 0.378. The van der Waals surface area contributed by atoms with Crippen molar-refractivity contribution in [2.45, 2.75) is 64.3 Å². The molecule has 260 valence electrons. The molecule has 0 bridgehead atoms. The maximum Gasteiger partial charge on any atom is 0.339 e. The number of pyridine rings is 1. The SMILES string of the molecule is CCOC(=O)c1ccc(CC(=O)[C@H]2c3cccc(OCCC4CCCCC4)c3CCN2C(=O)/C=C/c2c(-n3cnnn3)ccc(Cl)c2F)nc1. The van der Waals surface area contributed by atoms with Gasteiger partial charge in [0.1, 0.15) is 18.1 Å². The third kappa shape index (κ3) is 7.91. The Morgan fingerprint density at radius 2 is 1.92 bits per heavy atom. The van der Waals surface area contributed by atoms with E-state index in [1.807, 2.05) is 18.2 Å². The zero-order chi connectivity index (χ0) is 35.0. The number of rotatable bonds is 12. The van der Waals surface area contributed by atoms with Gasteiger partial charge in [-0.1, -0.05) is 55.8 Å². The number of benzene rings is 2. The van der Waals surface area contributed by atoms with Crippen LogP contribution in [0.4, 0.5) is 4.39 Å². The second-order valence-electron chi connectivity index (χ2n) is 12.4. The van der Waals surface area contributed by atoms with E-state index in [2.05, 4.69) is 20.5 Å². The monoisotopic (exact) mass is 700 g/mol. The predicted molar refractivity (Wildman–Crippen MR) is 183 cm³/mol. The Labute approximate surface area is 294 Å². The topological polar surface area (TPSA) is 129 Å². The first-order chi connectivity index (χ1) is 24.3. The van der Waals surface area contributed by atoms with E-state index >= 15 is 4.39 Å². The molecular weight excluding hydrogens is 663 g/mol. The number of esters is 1. The number of aromatic nitrogens is 5. The van der Waals surface area contributed by atoms with Crippen LogP contribution in [0.25, 0.3) is 11.8 Å². The molecule has 0 saturated heterocycles. The van der Waals surface area contributed by atoms with Crippen molar-refractivity contribution in [3.63, 3.8) is 0 Å². The van der Waals surface area contributed by atoms with E-state index < -0.39 is 23.7 Å². The first-order valence-electron chi connectivity index (χ1n) is 16.9. The summed E-state index contributed by atoms with van der Waals surface area (Å²) in [6.45, 7) is 2.75. The molecule has 0 N–H and O–H groups in total. The van der Waals surface area contributed by atoms with E-state index in [0.29, 0.717) is 36.0 Å². The fourth-order valence-electron chi connectivity index (χ4n) is 6.74. The molecule has 2 aromatic carbocycles. The number of amides is 1. The molecule has 1 atom stereocenters. The normalized spacial score (nSPS) is 16.3. The molecule has 1 aliphatic carbocycles. The number of carbonyl (C=O) groups excluding carboxylic acids is 3. The maximum atomic E-state index is 15.3. The first kappa shape index (κ1) is 34.9. The Hall–Kier alpha value is -4.97. The Bertz CT molecular complexity index is 1860. The molecule has 11 nitrogen and oxygen atoms in total. The number of hydrogen-bond donors (Lipinski definition) is 0. The van der Waals surface area contributed by atoms with Crippen LogP contribution in [0, 0.1) is 11.7 Å². The number of halogens is 2. The van der Waals surface area contributed by atoms with Crippen LogP contribution in [-0.2, 0) is 27.2 Å². The smallest absolute Gasteiger partial charge is 0.339 e. The zero-order valence-electron chi connectivity index (χ0n) is 27.8. The molecule has 1 fully saturated rings. The standard InChI is InChI=1S/C37H38ClFN6O5/c1-2-49-37(48)25-11-12-26(40-22-25)21-32(46)36-28-9-6-10-33(50-20-18-24-7-4-3-5-8-24)27(28)17-19-44(36)34(47)16-13-29-31(45-23-41-42-43-45)15-14-30(38)35(29)39/h6,9-16,22-24,36H,2-5,7-8,17-21H2,1H3/b16-13+/t36-/m1/s1. The van der Waals surface area contributed by atoms with Gasteiger partial charge in [0, 0.05) is 35.6 Å². The molecule has 4 aromatic rings. The number of tetrazole rings is 1. The van der Waals surface area contributed by atoms with Gasteiger partial charge in [-0.25, -0.2) is 9.18 Å². The van der Waals surface area contributed by atoms with Gasteiger partial charge in [0.2, 0.25) is 5.91 Å². The van der Waals surface area contributed by atoms with E-state index in [1.54, 1.807) is 25.1 Å². The zero-order valence-corrected chi connectivity index (χ0v) is 28.5. The van der Waals surface area contributed by atoms with Gasteiger partial charge in [0.25, 0.3) is 0 Å². The maximum absolute atomic E-state index is 15.3. The summed E-state index contributed by atoms with van der Waals surface area (Å²) in [5, 5.41) is 10.9. The lowest BCUT2D eigenvalue weighted by Gasteiger charge is -2.36. The van der Waals surface area contributed by atoms with Gasteiger partial charge in [-0.2, -0.15) is 4.68 Å². The lowest BCUT2D eigenvalue weighted by atomic mass is 9.87. The lowest BCUT2D eigenvalue weighted by molar-refractivity contribution is -0.136. The Morgan fingerprint density at radius 3 is 2.66 bits per heavy atom. The summed E-state index contributed by atoms with van der Waals surface area (Å²) in [7, 11) is 0. The summed E-state index contributed by atoms with van der Waals surface area (Å²) in [6.07, 6.45) is 12.8. The van der Waals surface area contributed by atoms with Crippen LogP contribution < -0.4 is 4.74 Å². The Kier molecular flexibility index (Phi) is 11.3. The highest BCUT2D eigenvalue weighted by atomic mass is 35.5. The number of fused-ring (bicyclic) bond motifs is 1. The van der Waals surface area contributed by atoms with Crippen molar-refractivity contribution < 1.29 is 28.2 Å². The number of ether oxygens (including phenoxy) is 2. The van der Waals surface area contributed by atoms with Gasteiger partial charge in [-0.15, -0.1) is 5.10 Å². The van der Waals surface area contributed by atoms with Crippen molar-refractivity contribution in [2.75, 3.05) is 19.8 Å². The van der Waals surface area contributed by atoms with Gasteiger partial charge in [-0.05, 0) is 78.1 Å². The van der Waals surface area contributed by atoms with Crippen LogP contribution in [0.3, 0.4) is 0 Å². The lowest BCUT2D eigenvalue weighted by Crippen LogP contribution is -2.43. The third-order valence-corrected chi connectivity index (χ3v) is 9.56. The molecule has 1 aliphatic heterocycles. The number of hydrogen-bond acceptors (Lipinski definition) is 9. The summed E-state index contributed by atoms with van der Waals surface area (Å²) in [4.78, 5) is 46.1. The molecule has 13 heteroatoms. The minimum atomic E-state index is -0.965. The van der Waals surface area contributed by atoms with E-state index in [-0.39, 0.29) is 47.2 Å². The summed E-state index contributed by atoms with van der Waals surface area (Å²) in [5.74, 6) is -0.642. The highest BCUT2D eigenvalue weighted by Crippen LogP contribution is 2.37. The second-order valence-corrected chi connectivity index (χ2v) is 12.8. The summed E-state index contributed by atoms with van der Waals surface area (Å²) in [6, 6.07) is 10.7. The molecule has 1 saturated carbocycles. The van der Waals surface area contributed by atoms with Gasteiger partial charge in [-0.3, -0.25) is 14.6 Å². The van der Waals surface area contributed by atoms with Crippen molar-refractivity contribution in [3.8, 4) is 11.4 Å². The first-order valence-corrected chi connectivity index (χ1v) is 17.3. The molecule has 2 aromatic heterocycles. The predicted octanol–water partition coefficient (Wildman–Crippen LogP) is 6.33. The largest absolute Gasteiger partial charge is 0.493 e. The van der Waals surface area contributed by atoms with E-state index in [9.17, 15) is 14.4 Å². The van der Waals surface area contributed by atoms with Crippen molar-refractivity contribution >= 4 is 35.3 Å². The van der Waals surface area contributed by atoms with Gasteiger partial charge < -0.3 is 14.4 Å². The average molecular weight is 701 g/mol. The summed E-state index contributed by atoms with van der Waals surface area (Å²) < 4.78 is 27.9. The highest BCUT2D eigenvalue weighted by molar-refractivity contribution is 6.31. The van der Waals surface area contributed by atoms with E-state index in [0.717, 1.165) is 12.0 Å². The number of Topliss-reactive ketones (excluding diaryl/α,β-unsaturated/α-hetero) is 1. The van der Waals surface area contributed by atoms with Gasteiger partial charge in [0.05, 0.1) is 35.9 Å². The third-order valence-electron chi connectivity index (χ3n) is 9.26.